The Balaban J connectivity index is 0.00000578. The molecule has 284 valence electrons. The van der Waals surface area contributed by atoms with Crippen LogP contribution in [0.2, 0.25) is 0 Å². The van der Waals surface area contributed by atoms with Gasteiger partial charge < -0.3 is 9.30 Å². The van der Waals surface area contributed by atoms with Crippen LogP contribution >= 0.6 is 0 Å². The zero-order chi connectivity index (χ0) is 47.2. The molecule has 0 aliphatic rings. The van der Waals surface area contributed by atoms with E-state index < -0.39 is 60.4 Å². The average molecular weight is 941 g/mol. The van der Waals surface area contributed by atoms with Gasteiger partial charge in [0.25, 0.3) is 6.33 Å². The summed E-state index contributed by atoms with van der Waals surface area (Å²) in [5, 5.41) is 2.00. The number of pyridine rings is 2. The van der Waals surface area contributed by atoms with E-state index in [1.807, 2.05) is 48.7 Å². The van der Waals surface area contributed by atoms with Crippen molar-refractivity contribution in [3.63, 3.8) is 0 Å². The van der Waals surface area contributed by atoms with Crippen molar-refractivity contribution in [1.82, 2.24) is 19.1 Å². The second-order valence-electron chi connectivity index (χ2n) is 14.4. The number of imidazole rings is 1. The Bertz CT molecular complexity index is 3550. The fraction of sp³-hybridized carbons (Fsp3) is 0.0784. The smallest absolute Gasteiger partial charge is 0.269 e. The summed E-state index contributed by atoms with van der Waals surface area (Å²) >= 11 is 0. The normalized spacial score (nSPS) is 14.0. The van der Waals surface area contributed by atoms with E-state index in [0.717, 1.165) is 33.2 Å². The van der Waals surface area contributed by atoms with E-state index >= 15 is 0 Å². The van der Waals surface area contributed by atoms with Crippen LogP contribution in [-0.4, -0.2) is 19.1 Å². The number of benzene rings is 6. The fourth-order valence-corrected chi connectivity index (χ4v) is 7.17. The van der Waals surface area contributed by atoms with Crippen molar-refractivity contribution in [3.05, 3.63) is 194 Å². The number of fused-ring (bicyclic) bond motifs is 4. The summed E-state index contributed by atoms with van der Waals surface area (Å²) in [6, 6.07) is 31.0. The van der Waals surface area contributed by atoms with E-state index in [1.54, 1.807) is 51.7 Å². The first kappa shape index (κ1) is 27.1. The molecule has 0 saturated carbocycles. The van der Waals surface area contributed by atoms with Gasteiger partial charge in [-0.15, -0.1) is 17.5 Å². The van der Waals surface area contributed by atoms with Crippen molar-refractivity contribution < 1.29 is 44.1 Å². The first-order chi connectivity index (χ1) is 32.0. The summed E-state index contributed by atoms with van der Waals surface area (Å²) in [5.74, 6) is 1.70. The van der Waals surface area contributed by atoms with Gasteiger partial charge in [0, 0.05) is 38.5 Å². The molecular weight excluding hydrogens is 894 g/mol. The van der Waals surface area contributed by atoms with Crippen molar-refractivity contribution in [1.29, 1.82) is 0 Å². The van der Waals surface area contributed by atoms with Gasteiger partial charge in [0.05, 0.1) is 36.2 Å². The van der Waals surface area contributed by atoms with Gasteiger partial charge in [0.2, 0.25) is 0 Å². The zero-order valence-electron chi connectivity index (χ0n) is 41.4. The Hall–Kier alpha value is -6.62. The van der Waals surface area contributed by atoms with E-state index in [-0.39, 0.29) is 60.2 Å². The summed E-state index contributed by atoms with van der Waals surface area (Å²) in [5.41, 5.74) is 3.89. The molecule has 0 atom stereocenters. The van der Waals surface area contributed by atoms with Gasteiger partial charge in [0.1, 0.15) is 5.82 Å². The quantitative estimate of drug-likeness (QED) is 0.118. The largest absolute Gasteiger partial charge is 0.522 e. The molecular formula is C51H37N5OPt-2. The minimum absolute atomic E-state index is 0. The average Bonchev–Trinajstić information content (AvgIpc) is 3.87. The van der Waals surface area contributed by atoms with Crippen LogP contribution in [0.4, 0.5) is 0 Å². The van der Waals surface area contributed by atoms with Gasteiger partial charge in [-0.1, -0.05) is 154 Å². The fourth-order valence-electron chi connectivity index (χ4n) is 7.17. The third-order valence-electron chi connectivity index (χ3n) is 9.85. The standard InChI is InChI=1S/C51H37N5O.Pt/c1-51(2,3)37-27-29-53-49(31-37)56-44-22-11-10-19-42(44)43-26-25-38(32-47(43)56)57-39-28-30-52-48(33-39)54-34-55(46-24-13-12-23-45(46)54)50-40(35-15-6-4-7-16-35)20-14-21-41(50)36-17-8-5-9-18-36;/h4-31H,1-3H3;/q-2;/i4D,5D,6D,7D,8D,9D,15D,16D,17D,18D;. The Morgan fingerprint density at radius 3 is 2.03 bits per heavy atom. The molecule has 0 aliphatic heterocycles. The second kappa shape index (κ2) is 15.0. The summed E-state index contributed by atoms with van der Waals surface area (Å²) in [4.78, 5) is 9.43. The minimum Gasteiger partial charge on any atom is -0.522 e. The molecule has 0 saturated heterocycles. The van der Waals surface area contributed by atoms with E-state index in [9.17, 15) is 0 Å². The molecule has 0 amide bonds. The Morgan fingerprint density at radius 1 is 0.655 bits per heavy atom. The summed E-state index contributed by atoms with van der Waals surface area (Å²) < 4.78 is 98.4. The first-order valence-electron chi connectivity index (χ1n) is 23.3. The number of hydrogen-bond acceptors (Lipinski definition) is 3. The minimum atomic E-state index is -0.579. The van der Waals surface area contributed by atoms with Crippen LogP contribution in [0.1, 0.15) is 40.0 Å². The van der Waals surface area contributed by atoms with Gasteiger partial charge in [0.15, 0.2) is 0 Å². The van der Waals surface area contributed by atoms with Crippen LogP contribution in [-0.2, 0) is 26.5 Å². The van der Waals surface area contributed by atoms with Crippen molar-refractivity contribution >= 4 is 32.8 Å². The Kier molecular flexibility index (Phi) is 7.02. The second-order valence-corrected chi connectivity index (χ2v) is 14.4. The van der Waals surface area contributed by atoms with Crippen LogP contribution in [0.25, 0.3) is 72.4 Å². The number of hydrogen-bond donors (Lipinski definition) is 0. The molecule has 6 aromatic carbocycles. The summed E-state index contributed by atoms with van der Waals surface area (Å²) in [6.07, 6.45) is 6.71. The third kappa shape index (κ3) is 6.59. The Morgan fingerprint density at radius 2 is 1.31 bits per heavy atom. The maximum Gasteiger partial charge on any atom is 0.269 e. The van der Waals surface area contributed by atoms with Crippen LogP contribution in [0, 0.1) is 18.5 Å². The van der Waals surface area contributed by atoms with Gasteiger partial charge >= 0.3 is 0 Å². The number of aromatic nitrogens is 5. The van der Waals surface area contributed by atoms with E-state index in [4.69, 9.17) is 23.4 Å². The molecule has 0 N–H and O–H groups in total. The van der Waals surface area contributed by atoms with Crippen molar-refractivity contribution in [2.24, 2.45) is 0 Å². The van der Waals surface area contributed by atoms with Crippen LogP contribution < -0.4 is 9.30 Å². The topological polar surface area (TPSA) is 48.8 Å². The number of ether oxygens (including phenoxy) is 1. The molecule has 0 bridgehead atoms. The molecule has 7 heteroatoms. The first-order valence-corrected chi connectivity index (χ1v) is 18.3. The zero-order valence-corrected chi connectivity index (χ0v) is 33.6. The maximum atomic E-state index is 8.97. The van der Waals surface area contributed by atoms with Crippen LogP contribution in [0.3, 0.4) is 0 Å². The van der Waals surface area contributed by atoms with Crippen LogP contribution in [0.15, 0.2) is 170 Å². The Labute approximate surface area is 366 Å². The molecule has 10 aromatic rings. The molecule has 4 heterocycles. The predicted molar refractivity (Wildman–Crippen MR) is 227 cm³/mol. The molecule has 6 nitrogen and oxygen atoms in total. The monoisotopic (exact) mass is 940 g/mol. The third-order valence-corrected chi connectivity index (χ3v) is 9.85. The van der Waals surface area contributed by atoms with E-state index in [1.165, 1.54) is 0 Å². The van der Waals surface area contributed by atoms with E-state index in [0.29, 0.717) is 22.5 Å². The van der Waals surface area contributed by atoms with Crippen molar-refractivity contribution in [2.45, 2.75) is 26.2 Å². The molecule has 58 heavy (non-hydrogen) atoms. The number of rotatable bonds is 7. The molecule has 0 fully saturated rings. The van der Waals surface area contributed by atoms with Gasteiger partial charge in [-0.2, -0.15) is 18.2 Å². The molecule has 10 rings (SSSR count). The SMILES string of the molecule is [2H]c1c([2H])c([2H])c(-c2cccc(-c3c([2H])c([2H])c([2H])c([2H])c3[2H])c2-[n+]2[c-]n(-c3[c-]c(Oc4[c-]c5c(cc4)c4ccccc4n5-c4cc(C(C)(C)C)ccn4)ccn3)c3ccccc32)c([2H])c1[2H].[Pt]. The van der Waals surface area contributed by atoms with Crippen molar-refractivity contribution in [2.75, 3.05) is 0 Å². The number of para-hydroxylation sites is 4. The maximum absolute atomic E-state index is 8.97. The molecule has 0 unspecified atom stereocenters. The summed E-state index contributed by atoms with van der Waals surface area (Å²) in [6.45, 7) is 6.48. The molecule has 0 radical (unpaired) electrons. The predicted octanol–water partition coefficient (Wildman–Crippen LogP) is 11.6. The van der Waals surface area contributed by atoms with Gasteiger partial charge in [-0.3, -0.25) is 14.1 Å². The van der Waals surface area contributed by atoms with Gasteiger partial charge in [-0.25, -0.2) is 4.98 Å². The van der Waals surface area contributed by atoms with Crippen molar-refractivity contribution in [3.8, 4) is 51.1 Å². The van der Waals surface area contributed by atoms with E-state index in [2.05, 4.69) is 67.0 Å². The number of nitrogens with zero attached hydrogens (tertiary/aromatic N) is 5. The molecule has 0 aliphatic carbocycles. The van der Waals surface area contributed by atoms with Crippen LogP contribution in [0.5, 0.6) is 11.5 Å². The molecule has 4 aromatic heterocycles. The van der Waals surface area contributed by atoms with Gasteiger partial charge in [-0.05, 0) is 62.6 Å². The molecule has 0 spiro atoms. The summed E-state index contributed by atoms with van der Waals surface area (Å²) in [7, 11) is 0.